The largest absolute Gasteiger partial charge is 0.293 e. The van der Waals surface area contributed by atoms with Gasteiger partial charge in [-0.1, -0.05) is 21.1 Å². The molecule has 0 aliphatic heterocycles. The molecule has 0 bridgehead atoms. The zero-order valence-corrected chi connectivity index (χ0v) is 11.4. The van der Waals surface area contributed by atoms with Crippen molar-refractivity contribution in [3.63, 3.8) is 0 Å². The Bertz CT molecular complexity index is 589. The summed E-state index contributed by atoms with van der Waals surface area (Å²) in [5.74, 6) is -0.0671. The second kappa shape index (κ2) is 4.41. The van der Waals surface area contributed by atoms with Crippen LogP contribution in [0.3, 0.4) is 0 Å². The van der Waals surface area contributed by atoms with E-state index in [1.807, 2.05) is 32.0 Å². The summed E-state index contributed by atoms with van der Waals surface area (Å²) in [6.07, 6.45) is 0. The maximum Gasteiger partial charge on any atom is 0.181 e. The van der Waals surface area contributed by atoms with E-state index in [0.717, 1.165) is 21.4 Å². The smallest absolute Gasteiger partial charge is 0.181 e. The van der Waals surface area contributed by atoms with Gasteiger partial charge in [0, 0.05) is 11.4 Å². The van der Waals surface area contributed by atoms with Crippen LogP contribution in [0.2, 0.25) is 0 Å². The number of hydrogen-bond donors (Lipinski definition) is 0. The molecule has 17 heavy (non-hydrogen) atoms. The van der Waals surface area contributed by atoms with E-state index in [1.54, 1.807) is 4.68 Å². The molecular weight excluding hydrogens is 282 g/mol. The van der Waals surface area contributed by atoms with Gasteiger partial charge in [-0.25, -0.2) is 4.68 Å². The van der Waals surface area contributed by atoms with Gasteiger partial charge in [-0.2, -0.15) is 0 Å². The van der Waals surface area contributed by atoms with E-state index in [9.17, 15) is 4.79 Å². The fraction of sp³-hybridized carbons (Fsp3) is 0.250. The number of aryl methyl sites for hydroxylation is 1. The normalized spacial score (nSPS) is 10.6. The maximum absolute atomic E-state index is 11.3. The average molecular weight is 294 g/mol. The summed E-state index contributed by atoms with van der Waals surface area (Å²) >= 11 is 3.45. The van der Waals surface area contributed by atoms with E-state index in [2.05, 4.69) is 26.2 Å². The second-order valence-corrected chi connectivity index (χ2v) is 4.78. The molecule has 0 saturated heterocycles. The molecule has 2 rings (SSSR count). The molecule has 1 aromatic heterocycles. The van der Waals surface area contributed by atoms with Crippen LogP contribution in [0, 0.1) is 13.8 Å². The molecule has 0 saturated carbocycles. The zero-order chi connectivity index (χ0) is 12.6. The highest BCUT2D eigenvalue weighted by molar-refractivity contribution is 9.10. The Hall–Kier alpha value is -1.49. The van der Waals surface area contributed by atoms with Gasteiger partial charge in [-0.15, -0.1) is 5.10 Å². The Morgan fingerprint density at radius 3 is 2.59 bits per heavy atom. The van der Waals surface area contributed by atoms with Crippen LogP contribution in [-0.4, -0.2) is 20.8 Å². The van der Waals surface area contributed by atoms with Gasteiger partial charge in [0.15, 0.2) is 11.5 Å². The summed E-state index contributed by atoms with van der Waals surface area (Å²) in [7, 11) is 0. The number of aromatic nitrogens is 3. The zero-order valence-electron chi connectivity index (χ0n) is 9.86. The Balaban J connectivity index is 2.53. The summed E-state index contributed by atoms with van der Waals surface area (Å²) in [5.41, 5.74) is 3.20. The van der Waals surface area contributed by atoms with Crippen molar-refractivity contribution in [2.75, 3.05) is 0 Å². The molecule has 0 atom stereocenters. The number of carbonyl (C=O) groups is 1. The molecule has 0 aliphatic rings. The topological polar surface area (TPSA) is 47.8 Å². The van der Waals surface area contributed by atoms with Gasteiger partial charge >= 0.3 is 0 Å². The number of hydrogen-bond acceptors (Lipinski definition) is 3. The molecule has 1 heterocycles. The summed E-state index contributed by atoms with van der Waals surface area (Å²) in [6.45, 7) is 5.34. The lowest BCUT2D eigenvalue weighted by molar-refractivity contribution is 0.101. The lowest BCUT2D eigenvalue weighted by atomic mass is 10.2. The molecule has 4 nitrogen and oxygen atoms in total. The molecule has 2 aromatic rings. The fourth-order valence-electron chi connectivity index (χ4n) is 1.66. The molecule has 1 aromatic carbocycles. The van der Waals surface area contributed by atoms with Gasteiger partial charge in [0.25, 0.3) is 0 Å². The third kappa shape index (κ3) is 2.15. The lowest BCUT2D eigenvalue weighted by Gasteiger charge is -2.05. The fourth-order valence-corrected chi connectivity index (χ4v) is 1.91. The van der Waals surface area contributed by atoms with Crippen molar-refractivity contribution < 1.29 is 4.79 Å². The van der Waals surface area contributed by atoms with Crippen molar-refractivity contribution in [3.05, 3.63) is 39.6 Å². The highest BCUT2D eigenvalue weighted by atomic mass is 79.9. The number of benzene rings is 1. The first-order valence-corrected chi connectivity index (χ1v) is 5.99. The summed E-state index contributed by atoms with van der Waals surface area (Å²) in [5, 5.41) is 7.90. The van der Waals surface area contributed by atoms with Crippen LogP contribution >= 0.6 is 15.9 Å². The number of halogens is 1. The summed E-state index contributed by atoms with van der Waals surface area (Å²) in [4.78, 5) is 11.3. The molecule has 0 unspecified atom stereocenters. The molecule has 88 valence electrons. The first kappa shape index (κ1) is 12.0. The van der Waals surface area contributed by atoms with Crippen molar-refractivity contribution in [2.24, 2.45) is 0 Å². The Labute approximate surface area is 108 Å². The maximum atomic E-state index is 11.3. The van der Waals surface area contributed by atoms with E-state index in [1.165, 1.54) is 6.92 Å². The molecule has 0 aliphatic carbocycles. The Morgan fingerprint density at radius 1 is 1.35 bits per heavy atom. The van der Waals surface area contributed by atoms with Gasteiger partial charge in [-0.3, -0.25) is 4.79 Å². The number of rotatable bonds is 2. The third-order valence-electron chi connectivity index (χ3n) is 2.61. The molecule has 5 heteroatoms. The van der Waals surface area contributed by atoms with E-state index in [-0.39, 0.29) is 5.78 Å². The molecule has 0 N–H and O–H groups in total. The SMILES string of the molecule is CC(=O)c1nnn(-c2ccc(Br)c(C)c2)c1C. The van der Waals surface area contributed by atoms with Gasteiger partial charge in [0.1, 0.15) is 0 Å². The van der Waals surface area contributed by atoms with Crippen LogP contribution in [0.1, 0.15) is 28.7 Å². The van der Waals surface area contributed by atoms with Gasteiger partial charge < -0.3 is 0 Å². The Morgan fingerprint density at radius 2 is 2.06 bits per heavy atom. The monoisotopic (exact) mass is 293 g/mol. The van der Waals surface area contributed by atoms with Crippen LogP contribution in [0.4, 0.5) is 0 Å². The van der Waals surface area contributed by atoms with E-state index in [0.29, 0.717) is 5.69 Å². The van der Waals surface area contributed by atoms with E-state index < -0.39 is 0 Å². The summed E-state index contributed by atoms with van der Waals surface area (Å²) < 4.78 is 2.72. The lowest BCUT2D eigenvalue weighted by Crippen LogP contribution is -2.01. The molecule has 0 fully saturated rings. The number of Topliss-reactive ketones (excluding diaryl/α,β-unsaturated/α-hetero) is 1. The minimum atomic E-state index is -0.0671. The molecule has 0 amide bonds. The van der Waals surface area contributed by atoms with Crippen molar-refractivity contribution in [1.29, 1.82) is 0 Å². The third-order valence-corrected chi connectivity index (χ3v) is 3.50. The predicted molar refractivity (Wildman–Crippen MR) is 68.5 cm³/mol. The van der Waals surface area contributed by atoms with Gasteiger partial charge in [-0.05, 0) is 37.6 Å². The highest BCUT2D eigenvalue weighted by Gasteiger charge is 2.13. The summed E-state index contributed by atoms with van der Waals surface area (Å²) in [6, 6.07) is 5.89. The van der Waals surface area contributed by atoms with Crippen LogP contribution in [0.15, 0.2) is 22.7 Å². The van der Waals surface area contributed by atoms with Gasteiger partial charge in [0.05, 0.1) is 11.4 Å². The molecular formula is C12H12BrN3O. The van der Waals surface area contributed by atoms with Crippen LogP contribution in [-0.2, 0) is 0 Å². The number of carbonyl (C=O) groups excluding carboxylic acids is 1. The van der Waals surface area contributed by atoms with Crippen molar-refractivity contribution >= 4 is 21.7 Å². The second-order valence-electron chi connectivity index (χ2n) is 3.92. The first-order chi connectivity index (χ1) is 8.00. The van der Waals surface area contributed by atoms with Crippen LogP contribution in [0.5, 0.6) is 0 Å². The first-order valence-electron chi connectivity index (χ1n) is 5.20. The van der Waals surface area contributed by atoms with Crippen molar-refractivity contribution in [3.8, 4) is 5.69 Å². The number of ketones is 1. The predicted octanol–water partition coefficient (Wildman–Crippen LogP) is 2.85. The van der Waals surface area contributed by atoms with Crippen molar-refractivity contribution in [2.45, 2.75) is 20.8 Å². The van der Waals surface area contributed by atoms with Crippen LogP contribution < -0.4 is 0 Å². The highest BCUT2D eigenvalue weighted by Crippen LogP contribution is 2.20. The molecule has 0 spiro atoms. The minimum absolute atomic E-state index is 0.0671. The van der Waals surface area contributed by atoms with Crippen LogP contribution in [0.25, 0.3) is 5.69 Å². The van der Waals surface area contributed by atoms with E-state index in [4.69, 9.17) is 0 Å². The average Bonchev–Trinajstić information content (AvgIpc) is 2.64. The number of nitrogens with zero attached hydrogens (tertiary/aromatic N) is 3. The standard InChI is InChI=1S/C12H12BrN3O/c1-7-6-10(4-5-11(7)13)16-8(2)12(9(3)17)14-15-16/h4-6H,1-3H3. The van der Waals surface area contributed by atoms with Gasteiger partial charge in [0.2, 0.25) is 0 Å². The van der Waals surface area contributed by atoms with E-state index >= 15 is 0 Å². The van der Waals surface area contributed by atoms with Crippen molar-refractivity contribution in [1.82, 2.24) is 15.0 Å². The minimum Gasteiger partial charge on any atom is -0.293 e. The quantitative estimate of drug-likeness (QED) is 0.800. The Kier molecular flexibility index (Phi) is 3.11. The molecule has 0 radical (unpaired) electrons.